The second-order valence-electron chi connectivity index (χ2n) is 4.75. The fourth-order valence-electron chi connectivity index (χ4n) is 1.66. The Morgan fingerprint density at radius 3 is 1.18 bits per heavy atom. The molecule has 0 aromatic heterocycles. The molecule has 0 saturated heterocycles. The van der Waals surface area contributed by atoms with Crippen molar-refractivity contribution >= 4 is 7.25 Å². The standard InChI is InChI=1S/C8H10.C8H12.BF4.Rh/c1-7-4-3-5-8(2)6-7;1-2-4-6-8-7-5-3-1;2-1(3,4)5;/h3-6H,1-2H3;1-2,7-8H,3-6H2;;/q;;-1;. The van der Waals surface area contributed by atoms with E-state index in [-0.39, 0.29) is 19.5 Å². The van der Waals surface area contributed by atoms with Gasteiger partial charge in [0.1, 0.15) is 0 Å². The number of hydrogen-bond donors (Lipinski definition) is 0. The third kappa shape index (κ3) is 21.4. The molecule has 1 aliphatic carbocycles. The smallest absolute Gasteiger partial charge is 0.418 e. The van der Waals surface area contributed by atoms with Crippen LogP contribution in [0.3, 0.4) is 0 Å². The minimum atomic E-state index is -6.00. The van der Waals surface area contributed by atoms with E-state index in [1.54, 1.807) is 0 Å². The van der Waals surface area contributed by atoms with Crippen LogP contribution in [0.5, 0.6) is 0 Å². The third-order valence-corrected chi connectivity index (χ3v) is 2.51. The summed E-state index contributed by atoms with van der Waals surface area (Å²) in [6.45, 7) is 4.21. The predicted octanol–water partition coefficient (Wildman–Crippen LogP) is 6.27. The molecule has 0 unspecified atom stereocenters. The first-order valence-electron chi connectivity index (χ1n) is 6.99. The summed E-state index contributed by atoms with van der Waals surface area (Å²) in [5.41, 5.74) is 2.68. The van der Waals surface area contributed by atoms with Crippen LogP contribution >= 0.6 is 0 Å². The van der Waals surface area contributed by atoms with Gasteiger partial charge in [-0.2, -0.15) is 0 Å². The Hall–Kier alpha value is -0.892. The molecule has 0 saturated carbocycles. The second-order valence-corrected chi connectivity index (χ2v) is 4.75. The van der Waals surface area contributed by atoms with Gasteiger partial charge in [0.25, 0.3) is 0 Å². The summed E-state index contributed by atoms with van der Waals surface area (Å²) in [7, 11) is -6.00. The van der Waals surface area contributed by atoms with Gasteiger partial charge in [-0.3, -0.25) is 0 Å². The van der Waals surface area contributed by atoms with Crippen LogP contribution < -0.4 is 0 Å². The Kier molecular flexibility index (Phi) is 14.6. The van der Waals surface area contributed by atoms with Crippen molar-refractivity contribution in [3.63, 3.8) is 0 Å². The molecule has 0 amide bonds. The summed E-state index contributed by atoms with van der Waals surface area (Å²) in [4.78, 5) is 0. The van der Waals surface area contributed by atoms with E-state index in [0.717, 1.165) is 0 Å². The maximum Gasteiger partial charge on any atom is 0.673 e. The van der Waals surface area contributed by atoms with Gasteiger partial charge in [0, 0.05) is 19.5 Å². The zero-order valence-electron chi connectivity index (χ0n) is 12.9. The first-order chi connectivity index (χ1) is 9.79. The Morgan fingerprint density at radius 2 is 1.00 bits per heavy atom. The molecule has 0 atom stereocenters. The van der Waals surface area contributed by atoms with Crippen LogP contribution in [-0.2, 0) is 19.5 Å². The monoisotopic (exact) mass is 404 g/mol. The van der Waals surface area contributed by atoms with Crippen LogP contribution in [-0.4, -0.2) is 7.25 Å². The normalized spacial score (nSPS) is 13.4. The summed E-state index contributed by atoms with van der Waals surface area (Å²) < 4.78 is 39.0. The number of aryl methyl sites for hydroxylation is 2. The van der Waals surface area contributed by atoms with E-state index >= 15 is 0 Å². The van der Waals surface area contributed by atoms with Crippen molar-refractivity contribution in [2.45, 2.75) is 39.5 Å². The van der Waals surface area contributed by atoms with E-state index < -0.39 is 7.25 Å². The summed E-state index contributed by atoms with van der Waals surface area (Å²) in [5, 5.41) is 0. The zero-order valence-corrected chi connectivity index (χ0v) is 14.5. The van der Waals surface area contributed by atoms with Crippen molar-refractivity contribution in [3.8, 4) is 0 Å². The summed E-state index contributed by atoms with van der Waals surface area (Å²) >= 11 is 0. The SMILES string of the molecule is C1=CCCC=CCC1.Cc1cccc(C)c1.F[B-](F)(F)F.[Rh]. The molecule has 1 aliphatic rings. The van der Waals surface area contributed by atoms with Crippen molar-refractivity contribution in [2.75, 3.05) is 0 Å². The summed E-state index contributed by atoms with van der Waals surface area (Å²) in [5.74, 6) is 0. The molecule has 0 aliphatic heterocycles. The molecule has 0 N–H and O–H groups in total. The average Bonchev–Trinajstić information content (AvgIpc) is 2.25. The van der Waals surface area contributed by atoms with Crippen molar-refractivity contribution in [3.05, 3.63) is 59.7 Å². The molecule has 1 radical (unpaired) electrons. The molecule has 0 spiro atoms. The topological polar surface area (TPSA) is 0 Å². The van der Waals surface area contributed by atoms with E-state index in [1.807, 2.05) is 0 Å². The molecule has 0 nitrogen and oxygen atoms in total. The number of rotatable bonds is 0. The van der Waals surface area contributed by atoms with Gasteiger partial charge < -0.3 is 17.3 Å². The molecule has 0 fully saturated rings. The Morgan fingerprint density at radius 1 is 0.727 bits per heavy atom. The molecular weight excluding hydrogens is 382 g/mol. The van der Waals surface area contributed by atoms with Gasteiger partial charge in [-0.25, -0.2) is 0 Å². The molecule has 22 heavy (non-hydrogen) atoms. The van der Waals surface area contributed by atoms with Gasteiger partial charge in [-0.05, 0) is 39.5 Å². The van der Waals surface area contributed by atoms with Crippen molar-refractivity contribution < 1.29 is 36.7 Å². The predicted molar refractivity (Wildman–Crippen MR) is 82.9 cm³/mol. The van der Waals surface area contributed by atoms with E-state index in [1.165, 1.54) is 36.8 Å². The summed E-state index contributed by atoms with van der Waals surface area (Å²) in [6.07, 6.45) is 14.0. The maximum absolute atomic E-state index is 9.75. The van der Waals surface area contributed by atoms with Crippen LogP contribution in [0.4, 0.5) is 17.3 Å². The largest absolute Gasteiger partial charge is 0.673 e. The maximum atomic E-state index is 9.75. The van der Waals surface area contributed by atoms with E-state index in [0.29, 0.717) is 0 Å². The number of benzene rings is 1. The van der Waals surface area contributed by atoms with Gasteiger partial charge >= 0.3 is 7.25 Å². The molecule has 2 rings (SSSR count). The molecule has 127 valence electrons. The molecule has 6 heteroatoms. The van der Waals surface area contributed by atoms with Crippen LogP contribution in [0.15, 0.2) is 48.6 Å². The third-order valence-electron chi connectivity index (χ3n) is 2.51. The second kappa shape index (κ2) is 13.7. The van der Waals surface area contributed by atoms with Gasteiger partial charge in [-0.1, -0.05) is 59.7 Å². The van der Waals surface area contributed by atoms with Gasteiger partial charge in [0.15, 0.2) is 0 Å². The summed E-state index contributed by atoms with van der Waals surface area (Å²) in [6, 6.07) is 8.45. The van der Waals surface area contributed by atoms with Crippen molar-refractivity contribution in [2.24, 2.45) is 0 Å². The zero-order chi connectivity index (χ0) is 16.1. The Balaban J connectivity index is 0. The molecular formula is C16H22BF4Rh-. The van der Waals surface area contributed by atoms with E-state index in [9.17, 15) is 17.3 Å². The minimum absolute atomic E-state index is 0. The van der Waals surface area contributed by atoms with Crippen LogP contribution in [0.25, 0.3) is 0 Å². The molecule has 1 aromatic carbocycles. The van der Waals surface area contributed by atoms with Gasteiger partial charge in [0.05, 0.1) is 0 Å². The Labute approximate surface area is 143 Å². The first-order valence-corrected chi connectivity index (χ1v) is 6.99. The number of hydrogen-bond acceptors (Lipinski definition) is 0. The van der Waals surface area contributed by atoms with E-state index in [4.69, 9.17) is 0 Å². The van der Waals surface area contributed by atoms with Gasteiger partial charge in [-0.15, -0.1) is 0 Å². The van der Waals surface area contributed by atoms with Crippen LogP contribution in [0.2, 0.25) is 0 Å². The van der Waals surface area contributed by atoms with E-state index in [2.05, 4.69) is 62.4 Å². The van der Waals surface area contributed by atoms with Gasteiger partial charge in [0.2, 0.25) is 0 Å². The van der Waals surface area contributed by atoms with Crippen LogP contribution in [0.1, 0.15) is 36.8 Å². The van der Waals surface area contributed by atoms with Crippen molar-refractivity contribution in [1.29, 1.82) is 0 Å². The molecule has 0 bridgehead atoms. The molecule has 1 aromatic rings. The fraction of sp³-hybridized carbons (Fsp3) is 0.375. The number of allylic oxidation sites excluding steroid dienone is 4. The first kappa shape index (κ1) is 23.4. The van der Waals surface area contributed by atoms with Crippen LogP contribution in [0, 0.1) is 13.8 Å². The van der Waals surface area contributed by atoms with Crippen molar-refractivity contribution in [1.82, 2.24) is 0 Å². The quantitative estimate of drug-likeness (QED) is 0.272. The number of halogens is 4. The molecule has 0 heterocycles. The average molecular weight is 404 g/mol. The minimum Gasteiger partial charge on any atom is -0.418 e. The Bertz CT molecular complexity index is 393. The fourth-order valence-corrected chi connectivity index (χ4v) is 1.66.